The molecule has 8 N–H and O–H groups in total. The predicted molar refractivity (Wildman–Crippen MR) is 599 cm³/mol. The van der Waals surface area contributed by atoms with Gasteiger partial charge in [-0.2, -0.15) is 0 Å². The van der Waals surface area contributed by atoms with Crippen LogP contribution < -0.4 is 52.0 Å². The van der Waals surface area contributed by atoms with Gasteiger partial charge >= 0.3 is 30.2 Å². The summed E-state index contributed by atoms with van der Waals surface area (Å²) >= 11 is 3.59. The summed E-state index contributed by atoms with van der Waals surface area (Å²) in [5, 5.41) is 25.5. The van der Waals surface area contributed by atoms with E-state index in [1.54, 1.807) is 23.5 Å². The van der Waals surface area contributed by atoms with Crippen molar-refractivity contribution in [2.45, 2.75) is 214 Å². The molecular weight excluding hydrogens is 1820 g/mol. The summed E-state index contributed by atoms with van der Waals surface area (Å²) in [5.74, 6) is 3.20. The van der Waals surface area contributed by atoms with Crippen molar-refractivity contribution >= 4 is 87.8 Å². The molecule has 0 aromatic heterocycles. The minimum absolute atomic E-state index is 0.000496. The summed E-state index contributed by atoms with van der Waals surface area (Å²) in [4.78, 5) is 81.6. The Hall–Kier alpha value is -11.6. The van der Waals surface area contributed by atoms with E-state index in [2.05, 4.69) is 264 Å². The molecule has 0 bridgehead atoms. The van der Waals surface area contributed by atoms with Gasteiger partial charge in [0.05, 0.1) is 34.1 Å². The Morgan fingerprint density at radius 3 is 0.741 bits per heavy atom. The molecule has 0 aliphatic carbocycles. The largest absolute Gasteiger partial charge is 0.487 e. The first-order valence-corrected chi connectivity index (χ1v) is 52.9. The van der Waals surface area contributed by atoms with Gasteiger partial charge in [-0.15, -0.1) is 23.5 Å². The minimum Gasteiger partial charge on any atom is -0.487 e. The van der Waals surface area contributed by atoms with Gasteiger partial charge in [0.25, 0.3) is 0 Å². The number of carbonyl (C=O) groups is 5. The van der Waals surface area contributed by atoms with E-state index in [4.69, 9.17) is 9.47 Å². The molecule has 143 heavy (non-hydrogen) atoms. The Labute approximate surface area is 863 Å². The second-order valence-corrected chi connectivity index (χ2v) is 41.6. The lowest BCUT2D eigenvalue weighted by Gasteiger charge is -2.32. The van der Waals surface area contributed by atoms with Crippen molar-refractivity contribution < 1.29 is 33.4 Å². The van der Waals surface area contributed by atoms with Gasteiger partial charge < -0.3 is 91.2 Å². The maximum absolute atomic E-state index is 12.7. The van der Waals surface area contributed by atoms with Gasteiger partial charge in [-0.05, 0) is 422 Å². The molecule has 10 aromatic rings. The minimum atomic E-state index is -0.0769. The summed E-state index contributed by atoms with van der Waals surface area (Å²) in [5.41, 5.74) is 45.4. The normalized spacial score (nSPS) is 14.6. The second-order valence-electron chi connectivity index (χ2n) is 39.6. The van der Waals surface area contributed by atoms with Crippen molar-refractivity contribution in [1.82, 2.24) is 49.8 Å². The van der Waals surface area contributed by atoms with Crippen LogP contribution in [0.1, 0.15) is 167 Å². The van der Waals surface area contributed by atoms with Gasteiger partial charge in [0.1, 0.15) is 24.7 Å². The lowest BCUT2D eigenvalue weighted by atomic mass is 9.89. The van der Waals surface area contributed by atoms with Gasteiger partial charge in [0, 0.05) is 159 Å². The molecular formula is C118H162N16O7S2. The number of hydrogen-bond donors (Lipinski definition) is 8. The van der Waals surface area contributed by atoms with E-state index in [1.807, 2.05) is 134 Å². The monoisotopic (exact) mass is 1980 g/mol. The SMILES string of the molecule is Cc1c(C)c(C)c(CNc2ccccc2NC(=O)N2CCN(C)CC2)c(C)c1C.Cc1c(C)c(C)c(COc2ccccc2NC(=O)N2CCN(C)CC2)c(C)c1C.Cc1c(C)c(C)c(COc2ccccc2NC(=O)N2CCNCC2)c(C)c1C.Cc1c(C)c(C)c(CSc2ccccc2NC(=O)N2CCN(C)CC2)c(C)c1C.Cc1c(C)c(C)c(CSc2ccccc2NC(=O)N2CCNCC2)c(C)c1C. The van der Waals surface area contributed by atoms with Crippen LogP contribution in [0.5, 0.6) is 11.5 Å². The van der Waals surface area contributed by atoms with Crippen molar-refractivity contribution in [3.05, 3.63) is 288 Å². The van der Waals surface area contributed by atoms with Crippen molar-refractivity contribution in [2.75, 3.05) is 184 Å². The molecule has 10 amide bonds. The van der Waals surface area contributed by atoms with Crippen LogP contribution in [-0.4, -0.2) is 221 Å². The van der Waals surface area contributed by atoms with Gasteiger partial charge in [-0.25, -0.2) is 24.0 Å². The van der Waals surface area contributed by atoms with E-state index in [0.717, 1.165) is 181 Å². The molecule has 23 nitrogen and oxygen atoms in total. The predicted octanol–water partition coefficient (Wildman–Crippen LogP) is 23.7. The highest BCUT2D eigenvalue weighted by Gasteiger charge is 2.28. The zero-order chi connectivity index (χ0) is 104. The first kappa shape index (κ1) is 112. The number of anilines is 6. The number of amides is 10. The molecule has 5 heterocycles. The number of likely N-dealkylation sites (N-methyl/N-ethyl adjacent to an activating group) is 3. The van der Waals surface area contributed by atoms with Gasteiger partial charge in [0.15, 0.2) is 0 Å². The third-order valence-corrected chi connectivity index (χ3v) is 33.8. The number of nitrogens with one attached hydrogen (secondary N) is 8. The quantitative estimate of drug-likeness (QED) is 0.0332. The highest BCUT2D eigenvalue weighted by molar-refractivity contribution is 7.99. The highest BCUT2D eigenvalue weighted by Crippen LogP contribution is 2.40. The molecule has 768 valence electrons. The first-order valence-electron chi connectivity index (χ1n) is 50.9. The number of thioether (sulfide) groups is 2. The molecule has 10 aromatic carbocycles. The Kier molecular flexibility index (Phi) is 40.9. The van der Waals surface area contributed by atoms with Gasteiger partial charge in [-0.3, -0.25) is 0 Å². The summed E-state index contributed by atoms with van der Waals surface area (Å²) in [6.07, 6.45) is 0. The van der Waals surface area contributed by atoms with Crippen LogP contribution in [0, 0.1) is 173 Å². The Bertz CT molecular complexity index is 5510. The second kappa shape index (κ2) is 52.3. The van der Waals surface area contributed by atoms with Gasteiger partial charge in [-0.1, -0.05) is 60.7 Å². The van der Waals surface area contributed by atoms with Crippen molar-refractivity contribution in [3.63, 3.8) is 0 Å². The average Bonchev–Trinajstić information content (AvgIpc) is 0.806. The topological polar surface area (TPSA) is 226 Å². The fraction of sp³-hybridized carbons (Fsp3) is 0.449. The molecule has 5 aliphatic heterocycles. The Balaban J connectivity index is 0.000000171. The fourth-order valence-corrected chi connectivity index (χ4v) is 21.4. The smallest absolute Gasteiger partial charge is 0.322 e. The number of nitrogens with zero attached hydrogens (tertiary/aromatic N) is 8. The molecule has 5 saturated heterocycles. The molecule has 5 fully saturated rings. The molecule has 0 saturated carbocycles. The van der Waals surface area contributed by atoms with E-state index >= 15 is 0 Å². The van der Waals surface area contributed by atoms with Crippen LogP contribution in [0.15, 0.2) is 131 Å². The summed E-state index contributed by atoms with van der Waals surface area (Å²) in [6.45, 7) is 72.9. The molecule has 0 atom stereocenters. The number of ether oxygens (including phenoxy) is 2. The van der Waals surface area contributed by atoms with Crippen molar-refractivity contribution in [2.24, 2.45) is 0 Å². The van der Waals surface area contributed by atoms with Crippen LogP contribution >= 0.6 is 23.5 Å². The summed E-state index contributed by atoms with van der Waals surface area (Å²) < 4.78 is 12.4. The summed E-state index contributed by atoms with van der Waals surface area (Å²) in [6, 6.07) is 39.3. The average molecular weight is 1980 g/mol. The maximum Gasteiger partial charge on any atom is 0.322 e. The van der Waals surface area contributed by atoms with E-state index in [0.29, 0.717) is 36.1 Å². The molecule has 0 radical (unpaired) electrons. The summed E-state index contributed by atoms with van der Waals surface area (Å²) in [7, 11) is 6.27. The third kappa shape index (κ3) is 28.6. The zero-order valence-corrected chi connectivity index (χ0v) is 92.6. The maximum atomic E-state index is 12.7. The van der Waals surface area contributed by atoms with E-state index in [1.165, 1.54) is 167 Å². The molecule has 5 aliphatic rings. The van der Waals surface area contributed by atoms with Crippen LogP contribution in [0.3, 0.4) is 0 Å². The van der Waals surface area contributed by atoms with Crippen LogP contribution in [0.2, 0.25) is 0 Å². The number of rotatable bonds is 20. The number of carbonyl (C=O) groups excluding carboxylic acids is 5. The van der Waals surface area contributed by atoms with Crippen molar-refractivity contribution in [3.8, 4) is 11.5 Å². The van der Waals surface area contributed by atoms with Crippen molar-refractivity contribution in [1.29, 1.82) is 0 Å². The zero-order valence-electron chi connectivity index (χ0n) is 91.0. The molecule has 15 rings (SSSR count). The van der Waals surface area contributed by atoms with Crippen LogP contribution in [0.4, 0.5) is 58.1 Å². The van der Waals surface area contributed by atoms with E-state index in [9.17, 15) is 24.0 Å². The van der Waals surface area contributed by atoms with E-state index < -0.39 is 0 Å². The first-order chi connectivity index (χ1) is 68.2. The Morgan fingerprint density at radius 1 is 0.245 bits per heavy atom. The number of hydrogen-bond acceptors (Lipinski definition) is 15. The number of urea groups is 5. The van der Waals surface area contributed by atoms with Gasteiger partial charge in [0.2, 0.25) is 0 Å². The lowest BCUT2D eigenvalue weighted by Crippen LogP contribution is -2.48. The molecule has 25 heteroatoms. The lowest BCUT2D eigenvalue weighted by molar-refractivity contribution is 0.164. The highest BCUT2D eigenvalue weighted by atomic mass is 32.2. The third-order valence-electron chi connectivity index (χ3n) is 31.6. The number of para-hydroxylation sites is 8. The molecule has 0 unspecified atom stereocenters. The van der Waals surface area contributed by atoms with Crippen LogP contribution in [-0.2, 0) is 31.3 Å². The van der Waals surface area contributed by atoms with E-state index in [-0.39, 0.29) is 30.2 Å². The van der Waals surface area contributed by atoms with Crippen LogP contribution in [0.25, 0.3) is 0 Å². The fourth-order valence-electron chi connectivity index (χ4n) is 19.1. The number of piperazine rings is 5. The Morgan fingerprint density at radius 2 is 0.455 bits per heavy atom. The standard InChI is InChI=1S/C24H34N4O.C24H33N3O2.C24H33N3OS.C23H31N3O2.C23H31N3OS/c1-16-17(2)19(4)21(20(5)18(16)3)15-25-22-9-7-8-10-23(22)26-24(29)28-13-11-27(6)12-14-28;2*1-16-17(2)19(4)21(20(5)18(16)3)15-29-23-10-8-7-9-22(23)25-24(28)27-13-11-26(6)12-14-27;2*1-15-16(2)18(4)20(19(5)17(15)3)14-28-22-9-7-6-8-21(22)25-23(27)26-12-10-24-11-13-26/h7-10,25H,11-15H2,1-6H3,(H,26,29);2*7-10H,11-15H2,1-6H3,(H,25,28);2*6-9,24H,10-14H2,1-5H3,(H,25,27). The molecule has 0 spiro atoms. The number of benzene rings is 10.